The van der Waals surface area contributed by atoms with Crippen molar-refractivity contribution in [1.82, 2.24) is 15.1 Å². The summed E-state index contributed by atoms with van der Waals surface area (Å²) in [5, 5.41) is 3.60. The molecule has 0 radical (unpaired) electrons. The molecule has 2 atom stereocenters. The molecule has 130 valence electrons. The van der Waals surface area contributed by atoms with Crippen molar-refractivity contribution in [3.05, 3.63) is 0 Å². The van der Waals surface area contributed by atoms with Crippen LogP contribution in [0.1, 0.15) is 38.5 Å². The first-order valence-electron chi connectivity index (χ1n) is 9.63. The maximum absolute atomic E-state index is 13.0. The number of ether oxygens (including phenoxy) is 1. The fourth-order valence-corrected chi connectivity index (χ4v) is 4.94. The maximum Gasteiger partial charge on any atom is 0.225 e. The number of amides is 1. The third-order valence-corrected chi connectivity index (χ3v) is 6.44. The Kier molecular flexibility index (Phi) is 4.88. The van der Waals surface area contributed by atoms with Gasteiger partial charge >= 0.3 is 0 Å². The van der Waals surface area contributed by atoms with Crippen molar-refractivity contribution in [1.29, 1.82) is 0 Å². The fourth-order valence-electron chi connectivity index (χ4n) is 4.94. The molecule has 5 nitrogen and oxygen atoms in total. The number of likely N-dealkylation sites (tertiary alicyclic amines) is 1. The number of rotatable bonds is 2. The third-order valence-electron chi connectivity index (χ3n) is 6.44. The molecule has 5 heterocycles. The molecule has 5 heteroatoms. The van der Waals surface area contributed by atoms with Gasteiger partial charge in [-0.25, -0.2) is 0 Å². The van der Waals surface area contributed by atoms with Gasteiger partial charge in [0.2, 0.25) is 5.91 Å². The predicted molar refractivity (Wildman–Crippen MR) is 89.2 cm³/mol. The average molecular weight is 321 g/mol. The minimum absolute atomic E-state index is 0.267. The highest BCUT2D eigenvalue weighted by atomic mass is 16.5. The van der Waals surface area contributed by atoms with Crippen LogP contribution < -0.4 is 5.32 Å². The molecule has 0 aliphatic carbocycles. The highest BCUT2D eigenvalue weighted by molar-refractivity contribution is 5.79. The largest absolute Gasteiger partial charge is 0.381 e. The lowest BCUT2D eigenvalue weighted by Crippen LogP contribution is -2.48. The molecule has 2 bridgehead atoms. The normalized spacial score (nSPS) is 34.5. The lowest BCUT2D eigenvalue weighted by Gasteiger charge is -2.39. The minimum atomic E-state index is 0.267. The van der Waals surface area contributed by atoms with Gasteiger partial charge in [-0.05, 0) is 64.1 Å². The summed E-state index contributed by atoms with van der Waals surface area (Å²) in [6.07, 6.45) is 6.98. The smallest absolute Gasteiger partial charge is 0.225 e. The van der Waals surface area contributed by atoms with Crippen molar-refractivity contribution in [3.63, 3.8) is 0 Å². The number of hydrogen-bond donors (Lipinski definition) is 1. The molecule has 2 unspecified atom stereocenters. The Bertz CT molecular complexity index is 394. The van der Waals surface area contributed by atoms with Crippen molar-refractivity contribution in [2.75, 3.05) is 45.9 Å². The molecular formula is C18H31N3O2. The number of nitrogens with one attached hydrogen (secondary N) is 1. The van der Waals surface area contributed by atoms with Crippen LogP contribution in [0.5, 0.6) is 0 Å². The van der Waals surface area contributed by atoms with Gasteiger partial charge in [0.1, 0.15) is 0 Å². The van der Waals surface area contributed by atoms with Crippen molar-refractivity contribution >= 4 is 5.91 Å². The topological polar surface area (TPSA) is 44.8 Å². The number of carbonyl (C=O) groups excluding carboxylic acids is 1. The first kappa shape index (κ1) is 15.9. The number of piperidine rings is 2. The lowest BCUT2D eigenvalue weighted by atomic mass is 9.92. The zero-order chi connectivity index (χ0) is 15.6. The van der Waals surface area contributed by atoms with Crippen LogP contribution in [0.25, 0.3) is 0 Å². The van der Waals surface area contributed by atoms with E-state index in [2.05, 4.69) is 15.1 Å². The standard InChI is InChI=1S/C18H31N3O2/c22-18(21-12-14-1-2-16(13-21)19-11-14)15-3-7-20(8-4-15)17-5-9-23-10-6-17/h14-17,19H,1-13H2. The van der Waals surface area contributed by atoms with Gasteiger partial charge in [-0.15, -0.1) is 0 Å². The lowest BCUT2D eigenvalue weighted by molar-refractivity contribution is -0.137. The molecule has 5 saturated heterocycles. The van der Waals surface area contributed by atoms with Gasteiger partial charge in [-0.2, -0.15) is 0 Å². The van der Waals surface area contributed by atoms with Gasteiger partial charge in [0.25, 0.3) is 0 Å². The maximum atomic E-state index is 13.0. The zero-order valence-electron chi connectivity index (χ0n) is 14.2. The van der Waals surface area contributed by atoms with Crippen LogP contribution in [0.4, 0.5) is 0 Å². The summed E-state index contributed by atoms with van der Waals surface area (Å²) in [4.78, 5) is 17.8. The van der Waals surface area contributed by atoms with Crippen molar-refractivity contribution in [2.24, 2.45) is 11.8 Å². The first-order valence-corrected chi connectivity index (χ1v) is 9.63. The highest BCUT2D eigenvalue weighted by Gasteiger charge is 2.36. The number of fused-ring (bicyclic) bond motifs is 4. The summed E-state index contributed by atoms with van der Waals surface area (Å²) in [7, 11) is 0. The Hall–Kier alpha value is -0.650. The van der Waals surface area contributed by atoms with E-state index in [-0.39, 0.29) is 5.92 Å². The second kappa shape index (κ2) is 7.08. The van der Waals surface area contributed by atoms with Gasteiger partial charge < -0.3 is 19.9 Å². The molecule has 5 rings (SSSR count). The van der Waals surface area contributed by atoms with Crippen LogP contribution in [-0.4, -0.2) is 73.7 Å². The fraction of sp³-hybridized carbons (Fsp3) is 0.944. The van der Waals surface area contributed by atoms with E-state index < -0.39 is 0 Å². The molecule has 0 aromatic rings. The quantitative estimate of drug-likeness (QED) is 0.827. The van der Waals surface area contributed by atoms with Gasteiger partial charge in [-0.1, -0.05) is 0 Å². The molecule has 23 heavy (non-hydrogen) atoms. The number of carbonyl (C=O) groups is 1. The summed E-state index contributed by atoms with van der Waals surface area (Å²) in [5.41, 5.74) is 0. The molecule has 0 saturated carbocycles. The second-order valence-electron chi connectivity index (χ2n) is 7.95. The summed E-state index contributed by atoms with van der Waals surface area (Å²) in [6.45, 7) is 7.05. The van der Waals surface area contributed by atoms with Gasteiger partial charge in [0, 0.05) is 44.3 Å². The molecule has 0 aromatic carbocycles. The number of nitrogens with zero attached hydrogens (tertiary/aromatic N) is 2. The Labute approximate surface area is 139 Å². The van der Waals surface area contributed by atoms with Gasteiger partial charge in [0.15, 0.2) is 0 Å². The van der Waals surface area contributed by atoms with Crippen molar-refractivity contribution in [2.45, 2.75) is 50.6 Å². The molecular weight excluding hydrogens is 290 g/mol. The monoisotopic (exact) mass is 321 g/mol. The van der Waals surface area contributed by atoms with E-state index in [9.17, 15) is 4.79 Å². The Balaban J connectivity index is 1.30. The average Bonchev–Trinajstić information content (AvgIpc) is 2.96. The summed E-state index contributed by atoms with van der Waals surface area (Å²) >= 11 is 0. The minimum Gasteiger partial charge on any atom is -0.381 e. The van der Waals surface area contributed by atoms with Crippen LogP contribution in [0.15, 0.2) is 0 Å². The van der Waals surface area contributed by atoms with Crippen LogP contribution in [0.3, 0.4) is 0 Å². The molecule has 1 amide bonds. The summed E-state index contributed by atoms with van der Waals surface area (Å²) < 4.78 is 5.47. The van der Waals surface area contributed by atoms with E-state index in [1.807, 2.05) is 0 Å². The second-order valence-corrected chi connectivity index (χ2v) is 7.95. The van der Waals surface area contributed by atoms with Crippen LogP contribution in [0.2, 0.25) is 0 Å². The van der Waals surface area contributed by atoms with Gasteiger partial charge in [-0.3, -0.25) is 4.79 Å². The third kappa shape index (κ3) is 3.57. The molecule has 5 fully saturated rings. The van der Waals surface area contributed by atoms with E-state index in [4.69, 9.17) is 4.74 Å². The van der Waals surface area contributed by atoms with E-state index in [0.717, 1.165) is 58.8 Å². The van der Waals surface area contributed by atoms with E-state index >= 15 is 0 Å². The van der Waals surface area contributed by atoms with Gasteiger partial charge in [0.05, 0.1) is 0 Å². The number of hydrogen-bond acceptors (Lipinski definition) is 4. The van der Waals surface area contributed by atoms with Crippen LogP contribution in [-0.2, 0) is 9.53 Å². The van der Waals surface area contributed by atoms with E-state index in [1.54, 1.807) is 0 Å². The summed E-state index contributed by atoms with van der Waals surface area (Å²) in [6, 6.07) is 1.23. The Morgan fingerprint density at radius 1 is 0.957 bits per heavy atom. The molecule has 0 spiro atoms. The molecule has 1 N–H and O–H groups in total. The van der Waals surface area contributed by atoms with Crippen LogP contribution >= 0.6 is 0 Å². The summed E-state index contributed by atoms with van der Waals surface area (Å²) in [5.74, 6) is 1.39. The van der Waals surface area contributed by atoms with E-state index in [0.29, 0.717) is 23.9 Å². The van der Waals surface area contributed by atoms with Crippen molar-refractivity contribution in [3.8, 4) is 0 Å². The van der Waals surface area contributed by atoms with E-state index in [1.165, 1.54) is 25.7 Å². The first-order chi connectivity index (χ1) is 11.3. The Morgan fingerprint density at radius 2 is 1.74 bits per heavy atom. The SMILES string of the molecule is O=C(C1CCN(C2CCOCC2)CC1)N1CC2CCC(C1)NC2. The highest BCUT2D eigenvalue weighted by Crippen LogP contribution is 2.27. The molecule has 0 aromatic heterocycles. The van der Waals surface area contributed by atoms with Crippen LogP contribution in [0, 0.1) is 11.8 Å². The predicted octanol–water partition coefficient (Wildman–Crippen LogP) is 1.09. The van der Waals surface area contributed by atoms with Crippen molar-refractivity contribution < 1.29 is 9.53 Å². The Morgan fingerprint density at radius 3 is 2.43 bits per heavy atom. The molecule has 5 aliphatic rings. The molecule has 5 aliphatic heterocycles. The zero-order valence-corrected chi connectivity index (χ0v) is 14.2.